The maximum Gasteiger partial charge on any atom is 0.281 e. The van der Waals surface area contributed by atoms with Crippen molar-refractivity contribution in [2.24, 2.45) is 5.41 Å². The molecule has 200 valence electrons. The number of anilines is 1. The summed E-state index contributed by atoms with van der Waals surface area (Å²) in [5.41, 5.74) is 3.48. The number of nitrogens with zero attached hydrogens (tertiary/aromatic N) is 3. The zero-order valence-corrected chi connectivity index (χ0v) is 23.2. The van der Waals surface area contributed by atoms with E-state index in [1.165, 1.54) is 6.20 Å². The number of halogens is 2. The van der Waals surface area contributed by atoms with Crippen molar-refractivity contribution >= 4 is 11.5 Å². The molecule has 36 heavy (non-hydrogen) atoms. The minimum Gasteiger partial charge on any atom is -0.382 e. The van der Waals surface area contributed by atoms with Crippen LogP contribution in [0, 0.1) is 5.41 Å². The van der Waals surface area contributed by atoms with Crippen molar-refractivity contribution in [3.8, 4) is 0 Å². The fourth-order valence-corrected chi connectivity index (χ4v) is 4.63. The first kappa shape index (κ1) is 29.4. The van der Waals surface area contributed by atoms with Crippen molar-refractivity contribution in [1.82, 2.24) is 19.6 Å². The van der Waals surface area contributed by atoms with Crippen molar-refractivity contribution in [2.45, 2.75) is 85.7 Å². The Morgan fingerprint density at radius 2 is 1.78 bits per heavy atom. The normalized spacial score (nSPS) is 18.4. The van der Waals surface area contributed by atoms with Gasteiger partial charge in [0.1, 0.15) is 17.2 Å². The summed E-state index contributed by atoms with van der Waals surface area (Å²) in [5.74, 6) is 0.798. The van der Waals surface area contributed by atoms with E-state index in [1.54, 1.807) is 10.5 Å². The second kappa shape index (κ2) is 12.9. The monoisotopic (exact) mass is 501 g/mol. The number of imidazole rings is 1. The molecule has 0 radical (unpaired) electrons. The molecule has 2 aromatic heterocycles. The molecule has 2 heterocycles. The second-order valence-electron chi connectivity index (χ2n) is 10.7. The fourth-order valence-electron chi connectivity index (χ4n) is 4.63. The molecular weight excluding hydrogens is 456 g/mol. The molecule has 0 atom stereocenters. The van der Waals surface area contributed by atoms with E-state index < -0.39 is 6.43 Å². The Kier molecular flexibility index (Phi) is 10.6. The van der Waals surface area contributed by atoms with E-state index in [2.05, 4.69) is 67.7 Å². The van der Waals surface area contributed by atoms with E-state index in [4.69, 9.17) is 0 Å². The number of nitrogens with one attached hydrogen (secondary N) is 2. The van der Waals surface area contributed by atoms with Gasteiger partial charge in [-0.2, -0.15) is 0 Å². The van der Waals surface area contributed by atoms with Gasteiger partial charge >= 0.3 is 0 Å². The molecule has 1 fully saturated rings. The average Bonchev–Trinajstić information content (AvgIpc) is 3.25. The van der Waals surface area contributed by atoms with Gasteiger partial charge in [0, 0.05) is 49.3 Å². The van der Waals surface area contributed by atoms with Crippen LogP contribution in [0.4, 0.5) is 14.6 Å². The highest BCUT2D eigenvalue weighted by molar-refractivity contribution is 5.51. The van der Waals surface area contributed by atoms with Gasteiger partial charge in [-0.25, -0.2) is 13.8 Å². The molecular formula is C29H45F2N5. The summed E-state index contributed by atoms with van der Waals surface area (Å²) in [6.45, 7) is 22.1. The first-order chi connectivity index (χ1) is 16.9. The molecule has 5 nitrogen and oxygen atoms in total. The van der Waals surface area contributed by atoms with Gasteiger partial charge in [0.05, 0.1) is 0 Å². The number of aromatic nitrogens is 2. The van der Waals surface area contributed by atoms with E-state index in [0.717, 1.165) is 54.9 Å². The summed E-state index contributed by atoms with van der Waals surface area (Å²) < 4.78 is 27.9. The lowest BCUT2D eigenvalue weighted by Crippen LogP contribution is -2.37. The van der Waals surface area contributed by atoms with E-state index >= 15 is 0 Å². The topological polar surface area (TPSA) is 44.6 Å². The van der Waals surface area contributed by atoms with Crippen molar-refractivity contribution in [1.29, 1.82) is 0 Å². The molecule has 0 amide bonds. The third-order valence-corrected chi connectivity index (χ3v) is 6.05. The molecule has 1 aliphatic rings. The average molecular weight is 502 g/mol. The highest BCUT2D eigenvalue weighted by Crippen LogP contribution is 2.27. The minimum atomic E-state index is -2.58. The highest BCUT2D eigenvalue weighted by atomic mass is 19.3. The summed E-state index contributed by atoms with van der Waals surface area (Å²) in [6.07, 6.45) is 4.94. The van der Waals surface area contributed by atoms with Crippen molar-refractivity contribution in [2.75, 3.05) is 18.9 Å². The van der Waals surface area contributed by atoms with Crippen molar-refractivity contribution < 1.29 is 8.78 Å². The van der Waals surface area contributed by atoms with Crippen LogP contribution in [0.3, 0.4) is 0 Å². The van der Waals surface area contributed by atoms with Gasteiger partial charge in [-0.1, -0.05) is 53.8 Å². The Bertz CT molecular complexity index is 1040. The third-order valence-electron chi connectivity index (χ3n) is 6.05. The predicted molar refractivity (Wildman–Crippen MR) is 148 cm³/mol. The molecule has 2 aromatic rings. The lowest BCUT2D eigenvalue weighted by molar-refractivity contribution is 0.147. The molecule has 0 unspecified atom stereocenters. The molecule has 7 heteroatoms. The zero-order chi connectivity index (χ0) is 27.0. The molecule has 1 aliphatic carbocycles. The van der Waals surface area contributed by atoms with Crippen LogP contribution in [0.25, 0.3) is 5.65 Å². The van der Waals surface area contributed by atoms with Crippen LogP contribution in [-0.2, 0) is 0 Å². The van der Waals surface area contributed by atoms with E-state index in [0.29, 0.717) is 11.7 Å². The first-order valence-corrected chi connectivity index (χ1v) is 13.0. The maximum absolute atomic E-state index is 13.1. The number of hydrogen-bond acceptors (Lipinski definition) is 4. The quantitative estimate of drug-likeness (QED) is 0.348. The molecule has 3 rings (SSSR count). The summed E-state index contributed by atoms with van der Waals surface area (Å²) >= 11 is 0. The summed E-state index contributed by atoms with van der Waals surface area (Å²) in [6, 6.07) is 6.13. The third kappa shape index (κ3) is 8.38. The van der Waals surface area contributed by atoms with Crippen LogP contribution in [0.15, 0.2) is 60.6 Å². The molecule has 0 spiro atoms. The summed E-state index contributed by atoms with van der Waals surface area (Å²) in [5, 5.41) is 7.16. The van der Waals surface area contributed by atoms with Crippen LogP contribution in [0.2, 0.25) is 0 Å². The molecule has 0 aliphatic heterocycles. The van der Waals surface area contributed by atoms with E-state index in [9.17, 15) is 8.78 Å². The van der Waals surface area contributed by atoms with Crippen molar-refractivity contribution in [3.63, 3.8) is 0 Å². The van der Waals surface area contributed by atoms with E-state index in [-0.39, 0.29) is 17.2 Å². The van der Waals surface area contributed by atoms with Gasteiger partial charge in [0.2, 0.25) is 0 Å². The van der Waals surface area contributed by atoms with Crippen molar-refractivity contribution in [3.05, 3.63) is 66.3 Å². The second-order valence-corrected chi connectivity index (χ2v) is 10.7. The fraction of sp³-hybridized carbons (Fsp3) is 0.552. The predicted octanol–water partition coefficient (Wildman–Crippen LogP) is 7.56. The van der Waals surface area contributed by atoms with Crippen LogP contribution in [0.5, 0.6) is 0 Å². The van der Waals surface area contributed by atoms with Gasteiger partial charge in [0.15, 0.2) is 0 Å². The SMILES string of the molecule is C=C(C)/C(=C\N(C)CC(C)(C)C)C(=C)NC1CCC(Nc2cccc3nc(C(F)F)cn23)CC1.CC. The maximum atomic E-state index is 13.1. The largest absolute Gasteiger partial charge is 0.382 e. The molecule has 0 saturated heterocycles. The Morgan fingerprint density at radius 1 is 1.17 bits per heavy atom. The molecule has 0 bridgehead atoms. The summed E-state index contributed by atoms with van der Waals surface area (Å²) in [4.78, 5) is 6.22. The van der Waals surface area contributed by atoms with E-state index in [1.807, 2.05) is 32.9 Å². The van der Waals surface area contributed by atoms with Crippen LogP contribution in [0.1, 0.15) is 79.3 Å². The lowest BCUT2D eigenvalue weighted by Gasteiger charge is -2.32. The number of hydrogen-bond donors (Lipinski definition) is 2. The molecule has 0 aromatic carbocycles. The Labute approximate surface area is 216 Å². The Hall–Kier alpha value is -2.83. The molecule has 1 saturated carbocycles. The number of alkyl halides is 2. The van der Waals surface area contributed by atoms with Crippen LogP contribution < -0.4 is 10.6 Å². The highest BCUT2D eigenvalue weighted by Gasteiger charge is 2.23. The van der Waals surface area contributed by atoms with Gasteiger partial charge in [-0.3, -0.25) is 4.40 Å². The zero-order valence-electron chi connectivity index (χ0n) is 23.2. The number of pyridine rings is 1. The van der Waals surface area contributed by atoms with Gasteiger partial charge in [0.25, 0.3) is 6.43 Å². The molecule has 2 N–H and O–H groups in total. The van der Waals surface area contributed by atoms with Gasteiger partial charge < -0.3 is 15.5 Å². The number of rotatable bonds is 9. The van der Waals surface area contributed by atoms with Crippen LogP contribution >= 0.6 is 0 Å². The van der Waals surface area contributed by atoms with Gasteiger partial charge in [-0.05, 0) is 55.7 Å². The number of allylic oxidation sites excluding steroid dienone is 1. The standard InChI is InChI=1S/C27H39F2N5.C2H6/c1-18(2)22(15-33(7)17-27(4,5)6)19(3)30-20-11-13-21(14-12-20)31-24-9-8-10-25-32-23(26(28)29)16-34(24)25;1-2/h8-10,15-16,20-21,26,30-31H,1,3,11-14,17H2,2,4-7H3;1-2H3/b22-15+;. The summed E-state index contributed by atoms with van der Waals surface area (Å²) in [7, 11) is 2.09. The first-order valence-electron chi connectivity index (χ1n) is 13.0. The Balaban J connectivity index is 0.00000222. The lowest BCUT2D eigenvalue weighted by atomic mass is 9.90. The minimum absolute atomic E-state index is 0.199. The Morgan fingerprint density at radius 3 is 2.33 bits per heavy atom. The smallest absolute Gasteiger partial charge is 0.281 e. The number of fused-ring (bicyclic) bond motifs is 1. The van der Waals surface area contributed by atoms with Gasteiger partial charge in [-0.15, -0.1) is 0 Å². The van der Waals surface area contributed by atoms with Crippen LogP contribution in [-0.4, -0.2) is 40.0 Å².